The molecular weight excluding hydrogens is 279 g/mol. The number of benzene rings is 1. The number of furan rings is 1. The molecule has 1 unspecified atom stereocenters. The Morgan fingerprint density at radius 1 is 1.47 bits per heavy atom. The first-order valence-corrected chi connectivity index (χ1v) is 6.41. The molecule has 96 valence electrons. The number of carbonyl (C=O) groups is 1. The van der Waals surface area contributed by atoms with Gasteiger partial charge in [0.1, 0.15) is 5.58 Å². The molecule has 0 aliphatic heterocycles. The van der Waals surface area contributed by atoms with Crippen LogP contribution in [0.1, 0.15) is 23.0 Å². The summed E-state index contributed by atoms with van der Waals surface area (Å²) in [7, 11) is 0. The molecule has 0 saturated heterocycles. The zero-order valence-corrected chi connectivity index (χ0v) is 13.7. The summed E-state index contributed by atoms with van der Waals surface area (Å²) in [5.41, 5.74) is 1.04. The van der Waals surface area contributed by atoms with Crippen LogP contribution in [0, 0.1) is 6.92 Å². The summed E-state index contributed by atoms with van der Waals surface area (Å²) < 4.78 is 32.0. The maximum atomic E-state index is 11.6. The molecule has 0 amide bonds. The van der Waals surface area contributed by atoms with Gasteiger partial charge in [-0.15, -0.1) is 0 Å². The number of hydrogen-bond donors (Lipinski definition) is 0. The van der Waals surface area contributed by atoms with Crippen LogP contribution in [0.2, 0.25) is 0 Å². The van der Waals surface area contributed by atoms with E-state index in [0.717, 1.165) is 0 Å². The minimum atomic E-state index is -2.31. The number of fused-ring (bicyclic) bond motifs is 1. The molecule has 2 rings (SSSR count). The molecule has 1 aromatic carbocycles. The van der Waals surface area contributed by atoms with E-state index in [4.69, 9.17) is 9.15 Å². The smallest absolute Gasteiger partial charge is 0.768 e. The van der Waals surface area contributed by atoms with Crippen molar-refractivity contribution in [3.63, 3.8) is 0 Å². The maximum Gasteiger partial charge on any atom is 1.00 e. The molecule has 19 heavy (non-hydrogen) atoms. The third-order valence-electron chi connectivity index (χ3n) is 2.56. The standard InChI is InChI=1S/C12H12O5S.Na/c1-3-16-12(13)11-7(2)9-6-8(18(14)15)4-5-10(9)17-11;/h4-6H,3H2,1-2H3,(H,14,15);/q;+1/p-1. The van der Waals surface area contributed by atoms with E-state index in [-0.39, 0.29) is 46.8 Å². The van der Waals surface area contributed by atoms with Crippen LogP contribution in [0.4, 0.5) is 0 Å². The van der Waals surface area contributed by atoms with E-state index in [9.17, 15) is 13.6 Å². The van der Waals surface area contributed by atoms with Gasteiger partial charge < -0.3 is 13.7 Å². The summed E-state index contributed by atoms with van der Waals surface area (Å²) in [6.45, 7) is 3.65. The Balaban J connectivity index is 0.00000180. The van der Waals surface area contributed by atoms with Gasteiger partial charge in [0.05, 0.1) is 6.61 Å². The van der Waals surface area contributed by atoms with E-state index in [2.05, 4.69) is 0 Å². The summed E-state index contributed by atoms with van der Waals surface area (Å²) in [5, 5.41) is 0.597. The van der Waals surface area contributed by atoms with Crippen LogP contribution in [0.15, 0.2) is 27.5 Å². The van der Waals surface area contributed by atoms with Gasteiger partial charge in [-0.25, -0.2) is 4.79 Å². The minimum Gasteiger partial charge on any atom is -0.768 e. The van der Waals surface area contributed by atoms with Crippen LogP contribution in [0.5, 0.6) is 0 Å². The van der Waals surface area contributed by atoms with Crippen LogP contribution in [-0.4, -0.2) is 21.3 Å². The Morgan fingerprint density at radius 2 is 2.16 bits per heavy atom. The molecule has 0 spiro atoms. The van der Waals surface area contributed by atoms with Crippen molar-refractivity contribution in [3.05, 3.63) is 29.5 Å². The largest absolute Gasteiger partial charge is 1.00 e. The monoisotopic (exact) mass is 290 g/mol. The van der Waals surface area contributed by atoms with Crippen molar-refractivity contribution in [1.29, 1.82) is 0 Å². The van der Waals surface area contributed by atoms with Gasteiger partial charge in [-0.05, 0) is 43.1 Å². The summed E-state index contributed by atoms with van der Waals surface area (Å²) in [6.07, 6.45) is 0. The Labute approximate surface area is 134 Å². The Hall–Kier alpha value is -0.660. The third kappa shape index (κ3) is 3.27. The minimum absolute atomic E-state index is 0. The zero-order valence-electron chi connectivity index (χ0n) is 10.9. The number of esters is 1. The normalized spacial score (nSPS) is 11.9. The van der Waals surface area contributed by atoms with Crippen molar-refractivity contribution in [3.8, 4) is 0 Å². The number of rotatable bonds is 3. The Morgan fingerprint density at radius 3 is 2.74 bits per heavy atom. The van der Waals surface area contributed by atoms with Crippen molar-refractivity contribution in [1.82, 2.24) is 0 Å². The number of carbonyl (C=O) groups excluding carboxylic acids is 1. The van der Waals surface area contributed by atoms with Crippen LogP contribution >= 0.6 is 0 Å². The molecule has 0 saturated carbocycles. The molecule has 1 atom stereocenters. The second-order valence-corrected chi connectivity index (χ2v) is 4.61. The second-order valence-electron chi connectivity index (χ2n) is 3.67. The fourth-order valence-corrected chi connectivity index (χ4v) is 2.09. The van der Waals surface area contributed by atoms with Gasteiger partial charge >= 0.3 is 35.5 Å². The molecule has 0 aliphatic carbocycles. The van der Waals surface area contributed by atoms with Crippen molar-refractivity contribution in [2.45, 2.75) is 18.7 Å². The van der Waals surface area contributed by atoms with E-state index in [0.29, 0.717) is 16.5 Å². The number of ether oxygens (including phenoxy) is 1. The van der Waals surface area contributed by atoms with E-state index < -0.39 is 17.0 Å². The van der Waals surface area contributed by atoms with Gasteiger partial charge in [0.25, 0.3) is 0 Å². The van der Waals surface area contributed by atoms with Crippen LogP contribution < -0.4 is 29.6 Å². The molecule has 0 bridgehead atoms. The van der Waals surface area contributed by atoms with Crippen molar-refractivity contribution in [2.24, 2.45) is 0 Å². The average Bonchev–Trinajstić information content (AvgIpc) is 2.67. The molecule has 1 heterocycles. The first kappa shape index (κ1) is 16.4. The van der Waals surface area contributed by atoms with E-state index in [1.54, 1.807) is 13.8 Å². The summed E-state index contributed by atoms with van der Waals surface area (Å²) in [5.74, 6) is -0.434. The molecule has 0 aliphatic rings. The molecule has 1 aromatic heterocycles. The number of aryl methyl sites for hydroxylation is 1. The van der Waals surface area contributed by atoms with Crippen LogP contribution in [0.3, 0.4) is 0 Å². The van der Waals surface area contributed by atoms with Gasteiger partial charge in [-0.1, -0.05) is 0 Å². The fourth-order valence-electron chi connectivity index (χ4n) is 1.70. The molecule has 2 aromatic rings. The van der Waals surface area contributed by atoms with E-state index >= 15 is 0 Å². The quantitative estimate of drug-likeness (QED) is 0.418. The Kier molecular flexibility index (Phi) is 5.76. The predicted octanol–water partition coefficient (Wildman–Crippen LogP) is -0.840. The van der Waals surface area contributed by atoms with Gasteiger partial charge in [-0.2, -0.15) is 0 Å². The molecule has 7 heteroatoms. The van der Waals surface area contributed by atoms with Crippen LogP contribution in [0.25, 0.3) is 11.0 Å². The van der Waals surface area contributed by atoms with Gasteiger partial charge in [0.2, 0.25) is 5.76 Å². The number of hydrogen-bond acceptors (Lipinski definition) is 5. The van der Waals surface area contributed by atoms with Gasteiger partial charge in [-0.3, -0.25) is 4.21 Å². The van der Waals surface area contributed by atoms with E-state index in [1.807, 2.05) is 0 Å². The first-order valence-electron chi connectivity index (χ1n) is 5.34. The van der Waals surface area contributed by atoms with Crippen molar-refractivity contribution >= 4 is 28.0 Å². The van der Waals surface area contributed by atoms with Gasteiger partial charge in [0.15, 0.2) is 0 Å². The van der Waals surface area contributed by atoms with Crippen molar-refractivity contribution < 1.29 is 52.3 Å². The van der Waals surface area contributed by atoms with Crippen LogP contribution in [-0.2, 0) is 15.8 Å². The Bertz CT molecular complexity index is 634. The third-order valence-corrected chi connectivity index (χ3v) is 3.20. The molecular formula is C12H11NaO5S. The molecule has 0 radical (unpaired) electrons. The fraction of sp³-hybridized carbons (Fsp3) is 0.250. The summed E-state index contributed by atoms with van der Waals surface area (Å²) >= 11 is -2.31. The molecule has 5 nitrogen and oxygen atoms in total. The second kappa shape index (κ2) is 6.67. The molecule has 0 fully saturated rings. The molecule has 0 N–H and O–H groups in total. The first-order chi connectivity index (χ1) is 8.54. The topological polar surface area (TPSA) is 79.6 Å². The SMILES string of the molecule is CCOC(=O)c1oc2ccc(S(=O)[O-])cc2c1C.[Na+]. The summed E-state index contributed by atoms with van der Waals surface area (Å²) in [6, 6.07) is 4.42. The van der Waals surface area contributed by atoms with E-state index in [1.165, 1.54) is 18.2 Å². The zero-order chi connectivity index (χ0) is 13.3. The maximum absolute atomic E-state index is 11.6. The average molecular weight is 290 g/mol. The van der Waals surface area contributed by atoms with Gasteiger partial charge in [0, 0.05) is 15.8 Å². The predicted molar refractivity (Wildman–Crippen MR) is 64.1 cm³/mol. The summed E-state index contributed by atoms with van der Waals surface area (Å²) in [4.78, 5) is 11.8. The van der Waals surface area contributed by atoms with Crippen molar-refractivity contribution in [2.75, 3.05) is 6.61 Å².